The molecule has 0 fully saturated rings. The van der Waals surface area contributed by atoms with E-state index < -0.39 is 17.8 Å². The number of hydrogen-bond donors (Lipinski definition) is 0. The third-order valence-electron chi connectivity index (χ3n) is 1.89. The zero-order chi connectivity index (χ0) is 13.1. The van der Waals surface area contributed by atoms with Gasteiger partial charge in [0, 0.05) is 0 Å². The van der Waals surface area contributed by atoms with E-state index in [-0.39, 0.29) is 23.7 Å². The van der Waals surface area contributed by atoms with Crippen molar-refractivity contribution in [2.45, 2.75) is 19.0 Å². The lowest BCUT2D eigenvalue weighted by Crippen LogP contribution is -2.14. The van der Waals surface area contributed by atoms with E-state index in [4.69, 9.17) is 11.6 Å². The van der Waals surface area contributed by atoms with E-state index in [0.717, 1.165) is 12.1 Å². The molecule has 0 aromatic carbocycles. The first-order valence-electron chi connectivity index (χ1n) is 4.70. The maximum Gasteiger partial charge on any atom is 0.433 e. The molecule has 1 heterocycles. The summed E-state index contributed by atoms with van der Waals surface area (Å²) in [5.74, 6) is -1.03. The van der Waals surface area contributed by atoms with Gasteiger partial charge in [0.2, 0.25) is 0 Å². The number of alkyl halides is 4. The van der Waals surface area contributed by atoms with Gasteiger partial charge in [-0.1, -0.05) is 0 Å². The number of nitrogens with zero attached hydrogens (tertiary/aromatic N) is 1. The summed E-state index contributed by atoms with van der Waals surface area (Å²) >= 11 is 5.46. The van der Waals surface area contributed by atoms with E-state index >= 15 is 0 Å². The fraction of sp³-hybridized carbons (Fsp3) is 0.400. The minimum atomic E-state index is -4.56. The Balaban J connectivity index is 3.14. The summed E-state index contributed by atoms with van der Waals surface area (Å²) in [5, 5.41) is 0. The van der Waals surface area contributed by atoms with Gasteiger partial charge in [-0.05, 0) is 19.1 Å². The van der Waals surface area contributed by atoms with Crippen molar-refractivity contribution in [3.63, 3.8) is 0 Å². The zero-order valence-electron chi connectivity index (χ0n) is 8.84. The van der Waals surface area contributed by atoms with E-state index in [1.165, 1.54) is 0 Å². The Kier molecular flexibility index (Phi) is 4.34. The standard InChI is InChI=1S/C10H9ClF3NO2/c1-2-17-9(16)6-3-4-8(10(12,13)14)15-7(6)5-11/h3-4H,2,5H2,1H3. The predicted molar refractivity (Wildman–Crippen MR) is 54.8 cm³/mol. The Morgan fingerprint density at radius 2 is 2.12 bits per heavy atom. The number of aromatic nitrogens is 1. The zero-order valence-corrected chi connectivity index (χ0v) is 9.60. The lowest BCUT2D eigenvalue weighted by molar-refractivity contribution is -0.141. The van der Waals surface area contributed by atoms with E-state index in [0.29, 0.717) is 0 Å². The molecule has 1 rings (SSSR count). The smallest absolute Gasteiger partial charge is 0.433 e. The maximum atomic E-state index is 12.4. The molecule has 0 N–H and O–H groups in total. The van der Waals surface area contributed by atoms with Crippen molar-refractivity contribution >= 4 is 17.6 Å². The third-order valence-corrected chi connectivity index (χ3v) is 2.14. The summed E-state index contributed by atoms with van der Waals surface area (Å²) in [6.45, 7) is 1.72. The summed E-state index contributed by atoms with van der Waals surface area (Å²) in [7, 11) is 0. The molecule has 0 aliphatic rings. The van der Waals surface area contributed by atoms with Crippen LogP contribution < -0.4 is 0 Å². The first kappa shape index (κ1) is 13.8. The van der Waals surface area contributed by atoms with Gasteiger partial charge in [-0.3, -0.25) is 0 Å². The summed E-state index contributed by atoms with van der Waals surface area (Å²) in [5.41, 5.74) is -1.27. The van der Waals surface area contributed by atoms with Crippen LogP contribution in [-0.2, 0) is 16.8 Å². The molecule has 17 heavy (non-hydrogen) atoms. The van der Waals surface area contributed by atoms with Crippen molar-refractivity contribution in [1.82, 2.24) is 4.98 Å². The average Bonchev–Trinajstić information content (AvgIpc) is 2.27. The van der Waals surface area contributed by atoms with E-state index in [9.17, 15) is 18.0 Å². The highest BCUT2D eigenvalue weighted by molar-refractivity contribution is 6.17. The van der Waals surface area contributed by atoms with Crippen LogP contribution in [0.15, 0.2) is 12.1 Å². The number of ether oxygens (including phenoxy) is 1. The number of carbonyl (C=O) groups is 1. The van der Waals surface area contributed by atoms with Crippen LogP contribution >= 0.6 is 11.6 Å². The van der Waals surface area contributed by atoms with Crippen LogP contribution in [0.25, 0.3) is 0 Å². The second-order valence-electron chi connectivity index (χ2n) is 3.04. The third kappa shape index (κ3) is 3.33. The molecule has 0 unspecified atom stereocenters. The molecule has 94 valence electrons. The highest BCUT2D eigenvalue weighted by atomic mass is 35.5. The second-order valence-corrected chi connectivity index (χ2v) is 3.31. The quantitative estimate of drug-likeness (QED) is 0.624. The van der Waals surface area contributed by atoms with Crippen LogP contribution in [0.4, 0.5) is 13.2 Å². The lowest BCUT2D eigenvalue weighted by Gasteiger charge is -2.10. The van der Waals surface area contributed by atoms with Crippen LogP contribution in [0, 0.1) is 0 Å². The molecule has 0 saturated carbocycles. The Hall–Kier alpha value is -1.30. The van der Waals surface area contributed by atoms with Crippen LogP contribution in [0.2, 0.25) is 0 Å². The fourth-order valence-corrected chi connectivity index (χ4v) is 1.36. The highest BCUT2D eigenvalue weighted by Crippen LogP contribution is 2.28. The van der Waals surface area contributed by atoms with Crippen LogP contribution in [0.5, 0.6) is 0 Å². The molecule has 0 amide bonds. The molecule has 0 spiro atoms. The first-order valence-corrected chi connectivity index (χ1v) is 5.23. The van der Waals surface area contributed by atoms with E-state index in [1.807, 2.05) is 0 Å². The van der Waals surface area contributed by atoms with Gasteiger partial charge in [0.05, 0.1) is 23.7 Å². The molecule has 0 bridgehead atoms. The molecular formula is C10H9ClF3NO2. The SMILES string of the molecule is CCOC(=O)c1ccc(C(F)(F)F)nc1CCl. The minimum absolute atomic E-state index is 0.0464. The van der Waals surface area contributed by atoms with Crippen molar-refractivity contribution < 1.29 is 22.7 Å². The Morgan fingerprint density at radius 1 is 1.47 bits per heavy atom. The number of rotatable bonds is 3. The van der Waals surface area contributed by atoms with Gasteiger partial charge in [-0.15, -0.1) is 11.6 Å². The van der Waals surface area contributed by atoms with E-state index in [1.54, 1.807) is 6.92 Å². The molecule has 1 aromatic rings. The summed E-state index contributed by atoms with van der Waals surface area (Å²) < 4.78 is 41.8. The fourth-order valence-electron chi connectivity index (χ4n) is 1.16. The van der Waals surface area contributed by atoms with Crippen molar-refractivity contribution in [2.75, 3.05) is 6.61 Å². The molecule has 1 aromatic heterocycles. The van der Waals surface area contributed by atoms with Gasteiger partial charge >= 0.3 is 12.1 Å². The number of hydrogen-bond acceptors (Lipinski definition) is 3. The van der Waals surface area contributed by atoms with Gasteiger partial charge in [-0.2, -0.15) is 13.2 Å². The van der Waals surface area contributed by atoms with Crippen LogP contribution in [-0.4, -0.2) is 17.6 Å². The number of pyridine rings is 1. The summed E-state index contributed by atoms with van der Waals surface area (Å²) in [6.07, 6.45) is -4.56. The van der Waals surface area contributed by atoms with Gasteiger partial charge in [0.15, 0.2) is 0 Å². The number of esters is 1. The topological polar surface area (TPSA) is 39.2 Å². The first-order chi connectivity index (χ1) is 7.90. The minimum Gasteiger partial charge on any atom is -0.462 e. The maximum absolute atomic E-state index is 12.4. The highest BCUT2D eigenvalue weighted by Gasteiger charge is 2.33. The Bertz CT molecular complexity index is 421. The average molecular weight is 268 g/mol. The molecular weight excluding hydrogens is 259 g/mol. The normalized spacial score (nSPS) is 11.4. The summed E-state index contributed by atoms with van der Waals surface area (Å²) in [4.78, 5) is 14.7. The second kappa shape index (κ2) is 5.35. The van der Waals surface area contributed by atoms with Crippen molar-refractivity contribution in [1.29, 1.82) is 0 Å². The van der Waals surface area contributed by atoms with Gasteiger partial charge in [0.1, 0.15) is 5.69 Å². The van der Waals surface area contributed by atoms with Gasteiger partial charge in [-0.25, -0.2) is 9.78 Å². The van der Waals surface area contributed by atoms with Gasteiger partial charge < -0.3 is 4.74 Å². The van der Waals surface area contributed by atoms with Crippen molar-refractivity contribution in [3.8, 4) is 0 Å². The van der Waals surface area contributed by atoms with Crippen LogP contribution in [0.3, 0.4) is 0 Å². The molecule has 3 nitrogen and oxygen atoms in total. The van der Waals surface area contributed by atoms with Crippen LogP contribution in [0.1, 0.15) is 28.7 Å². The van der Waals surface area contributed by atoms with Crippen molar-refractivity contribution in [3.05, 3.63) is 29.1 Å². The molecule has 0 atom stereocenters. The number of halogens is 4. The predicted octanol–water partition coefficient (Wildman–Crippen LogP) is 3.02. The number of carbonyl (C=O) groups excluding carboxylic acids is 1. The van der Waals surface area contributed by atoms with Crippen molar-refractivity contribution in [2.24, 2.45) is 0 Å². The summed E-state index contributed by atoms with van der Waals surface area (Å²) in [6, 6.07) is 1.74. The monoisotopic (exact) mass is 267 g/mol. The lowest BCUT2D eigenvalue weighted by atomic mass is 10.2. The van der Waals surface area contributed by atoms with Gasteiger partial charge in [0.25, 0.3) is 0 Å². The Morgan fingerprint density at radius 3 is 2.59 bits per heavy atom. The molecule has 0 saturated heterocycles. The Labute approximate surface area is 101 Å². The molecule has 0 radical (unpaired) electrons. The largest absolute Gasteiger partial charge is 0.462 e. The van der Waals surface area contributed by atoms with E-state index in [2.05, 4.69) is 9.72 Å². The molecule has 7 heteroatoms. The molecule has 0 aliphatic heterocycles. The molecule has 0 aliphatic carbocycles.